The summed E-state index contributed by atoms with van der Waals surface area (Å²) in [6.07, 6.45) is 2.35. The summed E-state index contributed by atoms with van der Waals surface area (Å²) in [6, 6.07) is 6.38. The smallest absolute Gasteiger partial charge is 0.234 e. The topological polar surface area (TPSA) is 59.8 Å². The van der Waals surface area contributed by atoms with Gasteiger partial charge in [0.15, 0.2) is 5.16 Å². The van der Waals surface area contributed by atoms with Crippen molar-refractivity contribution in [3.8, 4) is 0 Å². The number of amides is 1. The Morgan fingerprint density at radius 3 is 2.86 bits per heavy atom. The first kappa shape index (κ1) is 15.6. The highest BCUT2D eigenvalue weighted by Gasteiger charge is 2.28. The molecule has 3 rings (SSSR count). The lowest BCUT2D eigenvalue weighted by Gasteiger charge is -2.09. The van der Waals surface area contributed by atoms with Crippen LogP contribution in [0.15, 0.2) is 27.8 Å². The number of nitrogens with one attached hydrogen (secondary N) is 1. The zero-order valence-electron chi connectivity index (χ0n) is 12.5. The third-order valence-electron chi connectivity index (χ3n) is 3.48. The number of nitrogens with zero attached hydrogens (tertiary/aromatic N) is 3. The summed E-state index contributed by atoms with van der Waals surface area (Å²) in [7, 11) is 0. The normalized spacial score (nSPS) is 14.1. The van der Waals surface area contributed by atoms with E-state index in [1.807, 2.05) is 32.0 Å². The summed E-state index contributed by atoms with van der Waals surface area (Å²) in [6.45, 7) is 3.97. The van der Waals surface area contributed by atoms with Gasteiger partial charge in [-0.05, 0) is 60.3 Å². The molecular weight excluding hydrogens is 364 g/mol. The van der Waals surface area contributed by atoms with Gasteiger partial charge in [0, 0.05) is 10.5 Å². The van der Waals surface area contributed by atoms with E-state index in [4.69, 9.17) is 0 Å². The number of halogens is 1. The van der Waals surface area contributed by atoms with Crippen molar-refractivity contribution in [3.63, 3.8) is 0 Å². The van der Waals surface area contributed by atoms with Crippen molar-refractivity contribution in [1.82, 2.24) is 14.8 Å². The quantitative estimate of drug-likeness (QED) is 0.802. The lowest BCUT2D eigenvalue weighted by atomic mass is 10.2. The molecule has 7 heteroatoms. The standard InChI is InChI=1S/C15H17BrN4OS/c1-9-3-6-13(12(16)7-9)17-14(21)8-22-15-19-18-10(2)20(15)11-4-5-11/h3,6-7,11H,4-5,8H2,1-2H3,(H,17,21). The van der Waals surface area contributed by atoms with Gasteiger partial charge in [-0.1, -0.05) is 17.8 Å². The lowest BCUT2D eigenvalue weighted by Crippen LogP contribution is -2.15. The number of hydrogen-bond acceptors (Lipinski definition) is 4. The van der Waals surface area contributed by atoms with Crippen LogP contribution in [0.3, 0.4) is 0 Å². The lowest BCUT2D eigenvalue weighted by molar-refractivity contribution is -0.113. The molecule has 116 valence electrons. The predicted octanol–water partition coefficient (Wildman–Crippen LogP) is 3.72. The van der Waals surface area contributed by atoms with Crippen LogP contribution in [0, 0.1) is 13.8 Å². The molecular formula is C15H17BrN4OS. The molecule has 5 nitrogen and oxygen atoms in total. The maximum atomic E-state index is 12.1. The fraction of sp³-hybridized carbons (Fsp3) is 0.400. The minimum atomic E-state index is -0.0439. The van der Waals surface area contributed by atoms with Gasteiger partial charge in [0.05, 0.1) is 11.4 Å². The largest absolute Gasteiger partial charge is 0.324 e. The first-order valence-electron chi connectivity index (χ1n) is 7.15. The van der Waals surface area contributed by atoms with Gasteiger partial charge < -0.3 is 9.88 Å². The van der Waals surface area contributed by atoms with Gasteiger partial charge >= 0.3 is 0 Å². The number of aryl methyl sites for hydroxylation is 2. The van der Waals surface area contributed by atoms with Crippen molar-refractivity contribution < 1.29 is 4.79 Å². The molecule has 1 fully saturated rings. The Labute approximate surface area is 142 Å². The third-order valence-corrected chi connectivity index (χ3v) is 5.08. The molecule has 0 atom stereocenters. The molecule has 0 spiro atoms. The Bertz CT molecular complexity index is 712. The number of carbonyl (C=O) groups is 1. The third kappa shape index (κ3) is 3.52. The summed E-state index contributed by atoms with van der Waals surface area (Å²) in [5.41, 5.74) is 1.93. The number of thioether (sulfide) groups is 1. The summed E-state index contributed by atoms with van der Waals surface area (Å²) in [5.74, 6) is 1.20. The van der Waals surface area contributed by atoms with E-state index in [1.54, 1.807) is 0 Å². The fourth-order valence-electron chi connectivity index (χ4n) is 2.24. The number of carbonyl (C=O) groups excluding carboxylic acids is 1. The van der Waals surface area contributed by atoms with Gasteiger partial charge in [0.25, 0.3) is 0 Å². The molecule has 0 saturated heterocycles. The van der Waals surface area contributed by atoms with Crippen LogP contribution in [-0.2, 0) is 4.79 Å². The van der Waals surface area contributed by atoms with Crippen LogP contribution in [0.1, 0.15) is 30.3 Å². The molecule has 1 aliphatic rings. The number of rotatable bonds is 5. The van der Waals surface area contributed by atoms with Gasteiger partial charge in [0.1, 0.15) is 5.82 Å². The van der Waals surface area contributed by atoms with E-state index < -0.39 is 0 Å². The highest BCUT2D eigenvalue weighted by atomic mass is 79.9. The number of hydrogen-bond donors (Lipinski definition) is 1. The highest BCUT2D eigenvalue weighted by molar-refractivity contribution is 9.10. The summed E-state index contributed by atoms with van der Waals surface area (Å²) in [4.78, 5) is 12.1. The molecule has 1 aromatic carbocycles. The van der Waals surface area contributed by atoms with Crippen molar-refractivity contribution in [2.75, 3.05) is 11.1 Å². The van der Waals surface area contributed by atoms with Gasteiger partial charge in [0.2, 0.25) is 5.91 Å². The zero-order chi connectivity index (χ0) is 15.7. The fourth-order valence-corrected chi connectivity index (χ4v) is 3.68. The minimum absolute atomic E-state index is 0.0439. The minimum Gasteiger partial charge on any atom is -0.324 e. The van der Waals surface area contributed by atoms with Gasteiger partial charge in [-0.15, -0.1) is 10.2 Å². The molecule has 22 heavy (non-hydrogen) atoms. The molecule has 1 heterocycles. The Morgan fingerprint density at radius 2 is 2.18 bits per heavy atom. The second-order valence-corrected chi connectivity index (χ2v) is 7.25. The Morgan fingerprint density at radius 1 is 1.41 bits per heavy atom. The molecule has 1 aromatic heterocycles. The second-order valence-electron chi connectivity index (χ2n) is 5.45. The predicted molar refractivity (Wildman–Crippen MR) is 91.3 cm³/mol. The maximum Gasteiger partial charge on any atom is 0.234 e. The van der Waals surface area contributed by atoms with Gasteiger partial charge in [-0.25, -0.2) is 0 Å². The molecule has 1 saturated carbocycles. The van der Waals surface area contributed by atoms with Crippen LogP contribution in [0.5, 0.6) is 0 Å². The number of benzene rings is 1. The Hall–Kier alpha value is -1.34. The van der Waals surface area contributed by atoms with Crippen LogP contribution in [0.2, 0.25) is 0 Å². The average molecular weight is 381 g/mol. The van der Waals surface area contributed by atoms with E-state index in [1.165, 1.54) is 24.6 Å². The van der Waals surface area contributed by atoms with E-state index in [0.29, 0.717) is 11.8 Å². The SMILES string of the molecule is Cc1ccc(NC(=O)CSc2nnc(C)n2C2CC2)c(Br)c1. The van der Waals surface area contributed by atoms with Crippen LogP contribution in [0.25, 0.3) is 0 Å². The molecule has 1 amide bonds. The number of aromatic nitrogens is 3. The summed E-state index contributed by atoms with van der Waals surface area (Å²) in [5, 5.41) is 12.0. The molecule has 1 N–H and O–H groups in total. The van der Waals surface area contributed by atoms with Crippen molar-refractivity contribution in [2.24, 2.45) is 0 Å². The van der Waals surface area contributed by atoms with Crippen LogP contribution in [-0.4, -0.2) is 26.4 Å². The Kier molecular flexibility index (Phi) is 4.54. The van der Waals surface area contributed by atoms with Crippen molar-refractivity contribution in [2.45, 2.75) is 37.9 Å². The van der Waals surface area contributed by atoms with Crippen LogP contribution >= 0.6 is 27.7 Å². The van der Waals surface area contributed by atoms with Crippen LogP contribution in [0.4, 0.5) is 5.69 Å². The average Bonchev–Trinajstić information content (AvgIpc) is 3.23. The number of anilines is 1. The van der Waals surface area contributed by atoms with E-state index in [0.717, 1.165) is 26.7 Å². The highest BCUT2D eigenvalue weighted by Crippen LogP contribution is 2.38. The van der Waals surface area contributed by atoms with E-state index in [2.05, 4.69) is 36.0 Å². The first-order valence-corrected chi connectivity index (χ1v) is 8.93. The molecule has 0 bridgehead atoms. The summed E-state index contributed by atoms with van der Waals surface area (Å²) >= 11 is 4.90. The van der Waals surface area contributed by atoms with E-state index >= 15 is 0 Å². The van der Waals surface area contributed by atoms with Crippen LogP contribution < -0.4 is 5.32 Å². The van der Waals surface area contributed by atoms with Crippen molar-refractivity contribution in [3.05, 3.63) is 34.1 Å². The second kappa shape index (κ2) is 6.42. The van der Waals surface area contributed by atoms with E-state index in [9.17, 15) is 4.79 Å². The molecule has 0 radical (unpaired) electrons. The van der Waals surface area contributed by atoms with Gasteiger partial charge in [-0.2, -0.15) is 0 Å². The van der Waals surface area contributed by atoms with Crippen molar-refractivity contribution >= 4 is 39.3 Å². The maximum absolute atomic E-state index is 12.1. The molecule has 1 aliphatic carbocycles. The monoisotopic (exact) mass is 380 g/mol. The molecule has 0 unspecified atom stereocenters. The summed E-state index contributed by atoms with van der Waals surface area (Å²) < 4.78 is 3.03. The first-order chi connectivity index (χ1) is 10.5. The zero-order valence-corrected chi connectivity index (χ0v) is 14.9. The van der Waals surface area contributed by atoms with E-state index in [-0.39, 0.29) is 5.91 Å². The molecule has 2 aromatic rings. The molecule has 0 aliphatic heterocycles. The van der Waals surface area contributed by atoms with Gasteiger partial charge in [-0.3, -0.25) is 4.79 Å². The van der Waals surface area contributed by atoms with Crippen molar-refractivity contribution in [1.29, 1.82) is 0 Å². The Balaban J connectivity index is 1.61.